The highest BCUT2D eigenvalue weighted by molar-refractivity contribution is 5.39. The number of anilines is 1. The van der Waals surface area contributed by atoms with Crippen molar-refractivity contribution in [3.05, 3.63) is 36.5 Å². The zero-order chi connectivity index (χ0) is 12.5. The van der Waals surface area contributed by atoms with E-state index in [1.54, 1.807) is 0 Å². The molecule has 0 aliphatic heterocycles. The van der Waals surface area contributed by atoms with Crippen LogP contribution in [0.4, 0.5) is 5.82 Å². The van der Waals surface area contributed by atoms with Gasteiger partial charge in [-0.25, -0.2) is 4.98 Å². The summed E-state index contributed by atoms with van der Waals surface area (Å²) in [6, 6.07) is 6.18. The summed E-state index contributed by atoms with van der Waals surface area (Å²) in [5, 5.41) is 3.37. The van der Waals surface area contributed by atoms with Crippen molar-refractivity contribution < 1.29 is 0 Å². The quantitative estimate of drug-likeness (QED) is 0.552. The molecule has 94 valence electrons. The molecule has 1 N–H and O–H groups in total. The normalized spacial score (nSPS) is 10.2. The summed E-state index contributed by atoms with van der Waals surface area (Å²) < 4.78 is 0. The van der Waals surface area contributed by atoms with Gasteiger partial charge in [-0.05, 0) is 32.0 Å². The van der Waals surface area contributed by atoms with Crippen molar-refractivity contribution in [2.45, 2.75) is 26.8 Å². The average molecular weight is 233 g/mol. The Labute approximate surface area is 105 Å². The summed E-state index contributed by atoms with van der Waals surface area (Å²) in [5.74, 6) is 1.03. The Morgan fingerprint density at radius 2 is 2.24 bits per heavy atom. The Bertz CT molecular complexity index is 336. The van der Waals surface area contributed by atoms with Gasteiger partial charge in [0.15, 0.2) is 0 Å². The molecule has 3 heteroatoms. The molecule has 0 spiro atoms. The fraction of sp³-hybridized carbons (Fsp3) is 0.500. The molecule has 0 aliphatic carbocycles. The fourth-order valence-electron chi connectivity index (χ4n) is 1.68. The molecule has 17 heavy (non-hydrogen) atoms. The van der Waals surface area contributed by atoms with E-state index in [0.717, 1.165) is 44.1 Å². The van der Waals surface area contributed by atoms with Crippen molar-refractivity contribution in [2.24, 2.45) is 0 Å². The summed E-state index contributed by atoms with van der Waals surface area (Å²) in [6.45, 7) is 11.7. The van der Waals surface area contributed by atoms with Gasteiger partial charge in [-0.1, -0.05) is 19.1 Å². The maximum Gasteiger partial charge on any atom is 0.129 e. The molecule has 0 aliphatic rings. The van der Waals surface area contributed by atoms with Gasteiger partial charge in [0.1, 0.15) is 5.82 Å². The van der Waals surface area contributed by atoms with E-state index in [0.29, 0.717) is 0 Å². The molecular weight excluding hydrogens is 210 g/mol. The highest BCUT2D eigenvalue weighted by Gasteiger charge is 2.04. The molecular formula is C14H23N3. The maximum atomic E-state index is 4.65. The van der Waals surface area contributed by atoms with Gasteiger partial charge in [0.2, 0.25) is 0 Å². The van der Waals surface area contributed by atoms with E-state index in [-0.39, 0.29) is 0 Å². The van der Waals surface area contributed by atoms with E-state index in [2.05, 4.69) is 53.8 Å². The Morgan fingerprint density at radius 1 is 1.41 bits per heavy atom. The first-order chi connectivity index (χ1) is 8.31. The summed E-state index contributed by atoms with van der Waals surface area (Å²) in [4.78, 5) is 6.85. The summed E-state index contributed by atoms with van der Waals surface area (Å²) in [7, 11) is 0. The molecule has 0 fully saturated rings. The van der Waals surface area contributed by atoms with Crippen LogP contribution < -0.4 is 10.2 Å². The summed E-state index contributed by atoms with van der Waals surface area (Å²) in [6.07, 6.45) is 3.06. The highest BCUT2D eigenvalue weighted by Crippen LogP contribution is 2.11. The molecule has 0 aromatic carbocycles. The number of aromatic nitrogens is 1. The van der Waals surface area contributed by atoms with E-state index in [1.165, 1.54) is 0 Å². The molecule has 0 bridgehead atoms. The lowest BCUT2D eigenvalue weighted by atomic mass is 10.3. The van der Waals surface area contributed by atoms with Crippen LogP contribution in [-0.4, -0.2) is 24.6 Å². The Balaban J connectivity index is 2.66. The first-order valence-corrected chi connectivity index (χ1v) is 6.34. The topological polar surface area (TPSA) is 28.2 Å². The minimum atomic E-state index is 0.841. The van der Waals surface area contributed by atoms with E-state index >= 15 is 0 Å². The second-order valence-corrected chi connectivity index (χ2v) is 3.99. The summed E-state index contributed by atoms with van der Waals surface area (Å²) >= 11 is 0. The lowest BCUT2D eigenvalue weighted by molar-refractivity contribution is 0.663. The van der Waals surface area contributed by atoms with E-state index in [1.807, 2.05) is 6.08 Å². The van der Waals surface area contributed by atoms with Crippen LogP contribution >= 0.6 is 0 Å². The average Bonchev–Trinajstić information content (AvgIpc) is 2.36. The van der Waals surface area contributed by atoms with Crippen molar-refractivity contribution >= 4 is 5.82 Å². The Morgan fingerprint density at radius 3 is 2.88 bits per heavy atom. The zero-order valence-corrected chi connectivity index (χ0v) is 10.9. The van der Waals surface area contributed by atoms with E-state index < -0.39 is 0 Å². The van der Waals surface area contributed by atoms with Crippen molar-refractivity contribution in [3.63, 3.8) is 0 Å². The molecule has 3 nitrogen and oxygen atoms in total. The van der Waals surface area contributed by atoms with Gasteiger partial charge in [-0.2, -0.15) is 0 Å². The molecule has 1 heterocycles. The smallest absolute Gasteiger partial charge is 0.129 e. The van der Waals surface area contributed by atoms with Crippen LogP contribution in [0.2, 0.25) is 0 Å². The predicted molar refractivity (Wildman–Crippen MR) is 74.3 cm³/mol. The fourth-order valence-corrected chi connectivity index (χ4v) is 1.68. The third kappa shape index (κ3) is 4.57. The van der Waals surface area contributed by atoms with Crippen LogP contribution in [0.15, 0.2) is 30.9 Å². The number of pyridine rings is 1. The van der Waals surface area contributed by atoms with Gasteiger partial charge < -0.3 is 10.2 Å². The first kappa shape index (κ1) is 13.7. The SMILES string of the molecule is C=CCN(CC)c1cccc(CNCCC)n1. The van der Waals surface area contributed by atoms with Crippen molar-refractivity contribution in [1.82, 2.24) is 10.3 Å². The number of likely N-dealkylation sites (N-methyl/N-ethyl adjacent to an activating group) is 1. The lowest BCUT2D eigenvalue weighted by Crippen LogP contribution is -2.24. The monoisotopic (exact) mass is 233 g/mol. The minimum absolute atomic E-state index is 0.841. The Hall–Kier alpha value is -1.35. The van der Waals surface area contributed by atoms with Gasteiger partial charge in [0, 0.05) is 19.6 Å². The second kappa shape index (κ2) is 7.85. The van der Waals surface area contributed by atoms with Crippen LogP contribution in [0.3, 0.4) is 0 Å². The van der Waals surface area contributed by atoms with Gasteiger partial charge >= 0.3 is 0 Å². The third-order valence-electron chi connectivity index (χ3n) is 2.58. The highest BCUT2D eigenvalue weighted by atomic mass is 15.2. The van der Waals surface area contributed by atoms with E-state index in [9.17, 15) is 0 Å². The molecule has 0 radical (unpaired) electrons. The number of nitrogens with zero attached hydrogens (tertiary/aromatic N) is 2. The Kier molecular flexibility index (Phi) is 6.33. The van der Waals surface area contributed by atoms with Crippen LogP contribution in [0.5, 0.6) is 0 Å². The zero-order valence-electron chi connectivity index (χ0n) is 10.9. The molecule has 1 aromatic rings. The van der Waals surface area contributed by atoms with Gasteiger partial charge in [0.25, 0.3) is 0 Å². The standard InChI is InChI=1S/C14H23N3/c1-4-10-15-12-13-8-7-9-14(16-13)17(6-3)11-5-2/h5,7-9,15H,2,4,6,10-12H2,1,3H3. The van der Waals surface area contributed by atoms with Gasteiger partial charge in [-0.15, -0.1) is 6.58 Å². The van der Waals surface area contributed by atoms with Crippen LogP contribution in [0, 0.1) is 0 Å². The maximum absolute atomic E-state index is 4.65. The van der Waals surface area contributed by atoms with Gasteiger partial charge in [-0.3, -0.25) is 0 Å². The minimum Gasteiger partial charge on any atom is -0.353 e. The van der Waals surface area contributed by atoms with Crippen molar-refractivity contribution in [1.29, 1.82) is 0 Å². The number of nitrogens with one attached hydrogen (secondary N) is 1. The lowest BCUT2D eigenvalue weighted by Gasteiger charge is -2.20. The molecule has 1 aromatic heterocycles. The second-order valence-electron chi connectivity index (χ2n) is 3.99. The molecule has 1 rings (SSSR count). The molecule has 0 amide bonds. The number of rotatable bonds is 8. The van der Waals surface area contributed by atoms with Crippen molar-refractivity contribution in [3.8, 4) is 0 Å². The molecule has 0 saturated heterocycles. The first-order valence-electron chi connectivity index (χ1n) is 6.34. The van der Waals surface area contributed by atoms with Crippen LogP contribution in [-0.2, 0) is 6.54 Å². The third-order valence-corrected chi connectivity index (χ3v) is 2.58. The predicted octanol–water partition coefficient (Wildman–Crippen LogP) is 2.59. The van der Waals surface area contributed by atoms with Crippen LogP contribution in [0.25, 0.3) is 0 Å². The largest absolute Gasteiger partial charge is 0.353 e. The number of hydrogen-bond donors (Lipinski definition) is 1. The van der Waals surface area contributed by atoms with Crippen molar-refractivity contribution in [2.75, 3.05) is 24.5 Å². The summed E-state index contributed by atoms with van der Waals surface area (Å²) in [5.41, 5.74) is 1.10. The van der Waals surface area contributed by atoms with Crippen LogP contribution in [0.1, 0.15) is 26.0 Å². The molecule has 0 unspecified atom stereocenters. The molecule has 0 saturated carbocycles. The molecule has 0 atom stereocenters. The van der Waals surface area contributed by atoms with Gasteiger partial charge in [0.05, 0.1) is 5.69 Å². The van der Waals surface area contributed by atoms with E-state index in [4.69, 9.17) is 0 Å². The number of hydrogen-bond acceptors (Lipinski definition) is 3.